The molecule has 0 spiro atoms. The Morgan fingerprint density at radius 3 is 3.07 bits per heavy atom. The highest BCUT2D eigenvalue weighted by atomic mass is 32.2. The van der Waals surface area contributed by atoms with E-state index in [1.54, 1.807) is 11.3 Å². The van der Waals surface area contributed by atoms with E-state index in [1.165, 1.54) is 4.34 Å². The molecule has 0 fully saturated rings. The fourth-order valence-corrected chi connectivity index (χ4v) is 2.84. The minimum absolute atomic E-state index is 0.800. The van der Waals surface area contributed by atoms with Crippen LogP contribution in [0.1, 0.15) is 12.6 Å². The summed E-state index contributed by atoms with van der Waals surface area (Å²) < 4.78 is 6.39. The maximum atomic E-state index is 5.22. The second-order valence-corrected chi connectivity index (χ2v) is 5.25. The maximum absolute atomic E-state index is 5.22. The second-order valence-electron chi connectivity index (χ2n) is 3.05. The first-order valence-corrected chi connectivity index (χ1v) is 7.03. The quantitative estimate of drug-likeness (QED) is 0.563. The lowest BCUT2D eigenvalue weighted by atomic mass is 10.6. The molecule has 3 nitrogen and oxygen atoms in total. The zero-order valence-electron chi connectivity index (χ0n) is 9.28. The molecule has 1 rings (SSSR count). The van der Waals surface area contributed by atoms with Crippen molar-refractivity contribution in [3.05, 3.63) is 11.1 Å². The number of aryl methyl sites for hydroxylation is 1. The third-order valence-electron chi connectivity index (χ3n) is 1.73. The summed E-state index contributed by atoms with van der Waals surface area (Å²) in [6.45, 7) is 7.59. The Hall–Kier alpha value is -0.100. The molecule has 0 radical (unpaired) electrons. The summed E-state index contributed by atoms with van der Waals surface area (Å²) in [5, 5.41) is 5.42. The topological polar surface area (TPSA) is 34.1 Å². The van der Waals surface area contributed by atoms with Gasteiger partial charge in [0.15, 0.2) is 0 Å². The molecule has 0 aromatic carbocycles. The highest BCUT2D eigenvalue weighted by Gasteiger charge is 1.98. The molecule has 1 aromatic heterocycles. The molecule has 0 aliphatic heterocycles. The molecule has 0 aliphatic carbocycles. The second kappa shape index (κ2) is 8.10. The van der Waals surface area contributed by atoms with Crippen molar-refractivity contribution in [2.45, 2.75) is 18.2 Å². The van der Waals surface area contributed by atoms with Crippen molar-refractivity contribution in [1.29, 1.82) is 0 Å². The molecule has 1 aromatic rings. The van der Waals surface area contributed by atoms with Gasteiger partial charge in [-0.1, -0.05) is 11.8 Å². The number of ether oxygens (including phenoxy) is 1. The Bertz CT molecular complexity index is 266. The van der Waals surface area contributed by atoms with Gasteiger partial charge in [0.25, 0.3) is 0 Å². The average Bonchev–Trinajstić information content (AvgIpc) is 2.63. The number of hydrogen-bond donors (Lipinski definition) is 1. The minimum Gasteiger partial charge on any atom is -0.380 e. The molecule has 1 N–H and O–H groups in total. The number of rotatable bonds is 8. The number of nitrogens with one attached hydrogen (secondary N) is 1. The van der Waals surface area contributed by atoms with Crippen LogP contribution in [0.2, 0.25) is 0 Å². The SMILES string of the molecule is CCOCCNCCSc1nc(C)cs1. The molecule has 15 heavy (non-hydrogen) atoms. The van der Waals surface area contributed by atoms with Crippen LogP contribution in [0.15, 0.2) is 9.72 Å². The Morgan fingerprint density at radius 1 is 1.53 bits per heavy atom. The van der Waals surface area contributed by atoms with E-state index in [0.717, 1.165) is 37.8 Å². The Kier molecular flexibility index (Phi) is 7.00. The van der Waals surface area contributed by atoms with Crippen LogP contribution >= 0.6 is 23.1 Å². The summed E-state index contributed by atoms with van der Waals surface area (Å²) in [4.78, 5) is 4.39. The maximum Gasteiger partial charge on any atom is 0.150 e. The minimum atomic E-state index is 0.800. The lowest BCUT2D eigenvalue weighted by Gasteiger charge is -2.03. The summed E-state index contributed by atoms with van der Waals surface area (Å²) in [5.41, 5.74) is 1.12. The van der Waals surface area contributed by atoms with E-state index in [0.29, 0.717) is 0 Å². The number of thioether (sulfide) groups is 1. The van der Waals surface area contributed by atoms with Crippen molar-refractivity contribution in [2.24, 2.45) is 0 Å². The molecule has 1 heterocycles. The van der Waals surface area contributed by atoms with E-state index in [-0.39, 0.29) is 0 Å². The smallest absolute Gasteiger partial charge is 0.150 e. The van der Waals surface area contributed by atoms with Gasteiger partial charge in [0.2, 0.25) is 0 Å². The monoisotopic (exact) mass is 246 g/mol. The van der Waals surface area contributed by atoms with E-state index in [4.69, 9.17) is 4.74 Å². The number of nitrogens with zero attached hydrogens (tertiary/aromatic N) is 1. The first-order chi connectivity index (χ1) is 7.33. The van der Waals surface area contributed by atoms with Gasteiger partial charge in [0.05, 0.1) is 6.61 Å². The van der Waals surface area contributed by atoms with Crippen LogP contribution in [0.3, 0.4) is 0 Å². The van der Waals surface area contributed by atoms with E-state index >= 15 is 0 Å². The van der Waals surface area contributed by atoms with Crippen LogP contribution < -0.4 is 5.32 Å². The third kappa shape index (κ3) is 6.14. The average molecular weight is 246 g/mol. The van der Waals surface area contributed by atoms with Gasteiger partial charge in [-0.05, 0) is 13.8 Å². The van der Waals surface area contributed by atoms with Crippen LogP contribution in [-0.4, -0.2) is 37.0 Å². The highest BCUT2D eigenvalue weighted by Crippen LogP contribution is 2.21. The molecule has 5 heteroatoms. The van der Waals surface area contributed by atoms with E-state index in [9.17, 15) is 0 Å². The largest absolute Gasteiger partial charge is 0.380 e. The molecular weight excluding hydrogens is 228 g/mol. The van der Waals surface area contributed by atoms with E-state index in [2.05, 4.69) is 15.7 Å². The molecule has 0 amide bonds. The fourth-order valence-electron chi connectivity index (χ4n) is 1.02. The number of aromatic nitrogens is 1. The summed E-state index contributed by atoms with van der Waals surface area (Å²) in [5.74, 6) is 1.07. The van der Waals surface area contributed by atoms with Crippen molar-refractivity contribution in [1.82, 2.24) is 10.3 Å². The molecular formula is C10H18N2OS2. The van der Waals surface area contributed by atoms with Gasteiger partial charge in [-0.2, -0.15) is 0 Å². The van der Waals surface area contributed by atoms with Crippen molar-refractivity contribution in [3.63, 3.8) is 0 Å². The van der Waals surface area contributed by atoms with Crippen molar-refractivity contribution < 1.29 is 4.74 Å². The fraction of sp³-hybridized carbons (Fsp3) is 0.700. The van der Waals surface area contributed by atoms with E-state index < -0.39 is 0 Å². The van der Waals surface area contributed by atoms with Crippen LogP contribution in [0.25, 0.3) is 0 Å². The van der Waals surface area contributed by atoms with Gasteiger partial charge in [0, 0.05) is 36.5 Å². The predicted molar refractivity (Wildman–Crippen MR) is 66.9 cm³/mol. The van der Waals surface area contributed by atoms with Gasteiger partial charge in [-0.25, -0.2) is 4.98 Å². The molecule has 0 bridgehead atoms. The normalized spacial score (nSPS) is 10.8. The summed E-state index contributed by atoms with van der Waals surface area (Å²) in [6.07, 6.45) is 0. The Balaban J connectivity index is 1.93. The van der Waals surface area contributed by atoms with Crippen LogP contribution in [0.4, 0.5) is 0 Å². The van der Waals surface area contributed by atoms with Gasteiger partial charge < -0.3 is 10.1 Å². The molecule has 0 saturated carbocycles. The van der Waals surface area contributed by atoms with Gasteiger partial charge in [-0.3, -0.25) is 0 Å². The number of thiazole rings is 1. The lowest BCUT2D eigenvalue weighted by molar-refractivity contribution is 0.150. The summed E-state index contributed by atoms with van der Waals surface area (Å²) in [6, 6.07) is 0. The predicted octanol–water partition coefficient (Wildman–Crippen LogP) is 2.17. The summed E-state index contributed by atoms with van der Waals surface area (Å²) >= 11 is 3.53. The van der Waals surface area contributed by atoms with Crippen molar-refractivity contribution in [3.8, 4) is 0 Å². The molecule has 86 valence electrons. The van der Waals surface area contributed by atoms with Crippen molar-refractivity contribution in [2.75, 3.05) is 32.1 Å². The number of hydrogen-bond acceptors (Lipinski definition) is 5. The van der Waals surface area contributed by atoms with Gasteiger partial charge >= 0.3 is 0 Å². The zero-order chi connectivity index (χ0) is 10.9. The third-order valence-corrected chi connectivity index (χ3v) is 3.87. The summed E-state index contributed by atoms with van der Waals surface area (Å²) in [7, 11) is 0. The molecule has 0 aliphatic rings. The Labute approximate surface area is 99.6 Å². The molecule has 0 saturated heterocycles. The van der Waals surface area contributed by atoms with Gasteiger partial charge in [0.1, 0.15) is 4.34 Å². The highest BCUT2D eigenvalue weighted by molar-refractivity contribution is 8.01. The van der Waals surface area contributed by atoms with Crippen LogP contribution in [-0.2, 0) is 4.74 Å². The van der Waals surface area contributed by atoms with Crippen molar-refractivity contribution >= 4 is 23.1 Å². The molecule has 0 atom stereocenters. The van der Waals surface area contributed by atoms with Gasteiger partial charge in [-0.15, -0.1) is 11.3 Å². The standard InChI is InChI=1S/C10H18N2OS2/c1-3-13-6-4-11-5-7-14-10-12-9(2)8-15-10/h8,11H,3-7H2,1-2H3. The van der Waals surface area contributed by atoms with Crippen LogP contribution in [0.5, 0.6) is 0 Å². The van der Waals surface area contributed by atoms with E-state index in [1.807, 2.05) is 25.6 Å². The zero-order valence-corrected chi connectivity index (χ0v) is 10.9. The first-order valence-electron chi connectivity index (χ1n) is 5.16. The van der Waals surface area contributed by atoms with Crippen LogP contribution in [0, 0.1) is 6.92 Å². The molecule has 0 unspecified atom stereocenters. The first kappa shape index (κ1) is 13.0. The Morgan fingerprint density at radius 2 is 2.40 bits per heavy atom. The lowest BCUT2D eigenvalue weighted by Crippen LogP contribution is -2.22.